The summed E-state index contributed by atoms with van der Waals surface area (Å²) in [6.07, 6.45) is 1.34. The second-order valence-corrected chi connectivity index (χ2v) is 10.6. The first kappa shape index (κ1) is 24.1. The van der Waals surface area contributed by atoms with Crippen molar-refractivity contribution in [3.05, 3.63) is 28.8 Å². The Bertz CT molecular complexity index is 1010. The van der Waals surface area contributed by atoms with Gasteiger partial charge >= 0.3 is 6.09 Å². The van der Waals surface area contributed by atoms with Crippen LogP contribution in [0.15, 0.2) is 18.2 Å². The molecule has 4 aliphatic rings. The first-order valence-corrected chi connectivity index (χ1v) is 12.7. The van der Waals surface area contributed by atoms with Gasteiger partial charge < -0.3 is 14.6 Å². The number of fused-ring (bicyclic) bond motifs is 1. The molecular weight excluding hydrogens is 472 g/mol. The lowest BCUT2D eigenvalue weighted by molar-refractivity contribution is -0.173. The molecule has 0 bridgehead atoms. The zero-order valence-corrected chi connectivity index (χ0v) is 20.7. The molecule has 9 nitrogen and oxygen atoms in total. The number of piperidine rings is 1. The highest BCUT2D eigenvalue weighted by Gasteiger charge is 2.43. The summed E-state index contributed by atoms with van der Waals surface area (Å²) in [5, 5.41) is 1.36. The molecule has 0 aromatic heterocycles. The number of Topliss-reactive ketones (excluding diaryl/α,β-unsaturated/α-hetero) is 1. The highest BCUT2D eigenvalue weighted by Crippen LogP contribution is 2.34. The van der Waals surface area contributed by atoms with Crippen molar-refractivity contribution in [2.24, 2.45) is 17.8 Å². The zero-order chi connectivity index (χ0) is 24.7. The second-order valence-electron chi connectivity index (χ2n) is 10.2. The van der Waals surface area contributed by atoms with E-state index in [0.29, 0.717) is 30.0 Å². The van der Waals surface area contributed by atoms with Gasteiger partial charge in [-0.2, -0.15) is 0 Å². The van der Waals surface area contributed by atoms with Crippen molar-refractivity contribution in [1.82, 2.24) is 14.9 Å². The third kappa shape index (κ3) is 5.02. The Morgan fingerprint density at radius 3 is 2.20 bits per heavy atom. The molecule has 0 aliphatic carbocycles. The maximum atomic E-state index is 12.5. The Labute approximate surface area is 209 Å². The summed E-state index contributed by atoms with van der Waals surface area (Å²) in [5.41, 5.74) is 2.18. The molecule has 1 aromatic carbocycles. The summed E-state index contributed by atoms with van der Waals surface area (Å²) in [6.45, 7) is 6.99. The van der Waals surface area contributed by atoms with E-state index in [1.165, 1.54) is 0 Å². The van der Waals surface area contributed by atoms with Crippen LogP contribution in [0.3, 0.4) is 0 Å². The van der Waals surface area contributed by atoms with Crippen LogP contribution < -0.4 is 4.90 Å². The molecule has 10 heteroatoms. The van der Waals surface area contributed by atoms with Crippen molar-refractivity contribution in [2.75, 3.05) is 44.2 Å². The predicted octanol–water partition coefficient (Wildman–Crippen LogP) is 2.71. The Hall–Kier alpha value is -2.65. The third-order valence-electron chi connectivity index (χ3n) is 7.86. The van der Waals surface area contributed by atoms with E-state index in [1.54, 1.807) is 11.8 Å². The summed E-state index contributed by atoms with van der Waals surface area (Å²) in [4.78, 5) is 58.8. The maximum absolute atomic E-state index is 12.5. The van der Waals surface area contributed by atoms with Crippen LogP contribution in [0.2, 0.25) is 5.02 Å². The van der Waals surface area contributed by atoms with Gasteiger partial charge in [0.05, 0.1) is 0 Å². The summed E-state index contributed by atoms with van der Waals surface area (Å²) in [7, 11) is 0. The number of rotatable bonds is 5. The lowest BCUT2D eigenvalue weighted by atomic mass is 9.93. The molecule has 1 aromatic rings. The quantitative estimate of drug-likeness (QED) is 0.572. The van der Waals surface area contributed by atoms with E-state index in [1.807, 2.05) is 6.07 Å². The molecule has 2 atom stereocenters. The van der Waals surface area contributed by atoms with Gasteiger partial charge in [-0.3, -0.25) is 19.3 Å². The van der Waals surface area contributed by atoms with Crippen LogP contribution >= 0.6 is 11.6 Å². The molecule has 2 unspecified atom stereocenters. The number of amides is 3. The summed E-state index contributed by atoms with van der Waals surface area (Å²) < 4.78 is 0. The molecule has 0 saturated carbocycles. The average molecular weight is 503 g/mol. The predicted molar refractivity (Wildman–Crippen MR) is 128 cm³/mol. The van der Waals surface area contributed by atoms with Crippen LogP contribution in [0.5, 0.6) is 0 Å². The van der Waals surface area contributed by atoms with Crippen LogP contribution in [-0.2, 0) is 25.8 Å². The van der Waals surface area contributed by atoms with Gasteiger partial charge in [0.15, 0.2) is 0 Å². The van der Waals surface area contributed by atoms with Crippen molar-refractivity contribution >= 4 is 41.0 Å². The molecule has 0 spiro atoms. The van der Waals surface area contributed by atoms with E-state index in [4.69, 9.17) is 16.4 Å². The minimum Gasteiger partial charge on any atom is -0.371 e. The van der Waals surface area contributed by atoms with E-state index in [2.05, 4.69) is 21.9 Å². The van der Waals surface area contributed by atoms with Crippen molar-refractivity contribution in [3.8, 4) is 0 Å². The van der Waals surface area contributed by atoms with Crippen LogP contribution in [0, 0.1) is 17.8 Å². The van der Waals surface area contributed by atoms with Crippen molar-refractivity contribution in [2.45, 2.75) is 39.2 Å². The van der Waals surface area contributed by atoms with Gasteiger partial charge in [-0.15, -0.1) is 5.06 Å². The molecule has 4 saturated heterocycles. The van der Waals surface area contributed by atoms with Gasteiger partial charge in [0.2, 0.25) is 0 Å². The minimum absolute atomic E-state index is 0.0915. The monoisotopic (exact) mass is 502 g/mol. The molecular formula is C25H31ClN4O5. The maximum Gasteiger partial charge on any atom is 0.434 e. The zero-order valence-electron chi connectivity index (χ0n) is 20.0. The highest BCUT2D eigenvalue weighted by atomic mass is 35.5. The second kappa shape index (κ2) is 9.78. The molecule has 0 radical (unpaired) electrons. The van der Waals surface area contributed by atoms with Crippen LogP contribution in [0.1, 0.15) is 38.2 Å². The van der Waals surface area contributed by atoms with Crippen molar-refractivity contribution in [3.63, 3.8) is 0 Å². The fraction of sp³-hybridized carbons (Fsp3) is 0.600. The summed E-state index contributed by atoms with van der Waals surface area (Å²) in [5.74, 6) is 0.194. The number of nitrogens with zero attached hydrogens (tertiary/aromatic N) is 4. The smallest absolute Gasteiger partial charge is 0.371 e. The van der Waals surface area contributed by atoms with Gasteiger partial charge in [0.25, 0.3) is 11.8 Å². The van der Waals surface area contributed by atoms with E-state index >= 15 is 0 Å². The standard InChI is InChI=1S/C25H31ClN4O5/c1-16(31)17-6-8-28(9-7-17)21-3-2-18(22(26)10-21)11-27-12-19-14-29(15-20(19)13-27)25(34)35-30-23(32)4-5-24(30)33/h2-3,10,17,19-20H,4-9,11-15H2,1H3. The van der Waals surface area contributed by atoms with Crippen molar-refractivity contribution < 1.29 is 24.0 Å². The molecule has 4 aliphatic heterocycles. The van der Waals surface area contributed by atoms with E-state index in [-0.39, 0.29) is 24.5 Å². The Kier molecular flexibility index (Phi) is 6.72. The minimum atomic E-state index is -0.625. The number of hydrogen-bond acceptors (Lipinski definition) is 7. The number of anilines is 1. The molecule has 35 heavy (non-hydrogen) atoms. The van der Waals surface area contributed by atoms with Gasteiger partial charge in [-0.25, -0.2) is 4.79 Å². The van der Waals surface area contributed by atoms with E-state index < -0.39 is 17.9 Å². The molecule has 5 rings (SSSR count). The SMILES string of the molecule is CC(=O)C1CCN(c2ccc(CN3CC4CN(C(=O)ON5C(=O)CCC5=O)CC4C3)c(Cl)c2)CC1. The summed E-state index contributed by atoms with van der Waals surface area (Å²) >= 11 is 6.66. The molecule has 4 fully saturated rings. The summed E-state index contributed by atoms with van der Waals surface area (Å²) in [6, 6.07) is 6.24. The van der Waals surface area contributed by atoms with E-state index in [9.17, 15) is 19.2 Å². The lowest BCUT2D eigenvalue weighted by Gasteiger charge is -2.33. The number of benzene rings is 1. The fourth-order valence-electron chi connectivity index (χ4n) is 5.81. The number of halogens is 1. The molecule has 3 amide bonds. The number of likely N-dealkylation sites (tertiary alicyclic amines) is 2. The molecule has 0 N–H and O–H groups in total. The van der Waals surface area contributed by atoms with Gasteiger partial charge in [0, 0.05) is 75.3 Å². The Balaban J connectivity index is 1.12. The van der Waals surface area contributed by atoms with E-state index in [0.717, 1.165) is 61.8 Å². The third-order valence-corrected chi connectivity index (χ3v) is 8.21. The van der Waals surface area contributed by atoms with Gasteiger partial charge in [-0.1, -0.05) is 17.7 Å². The average Bonchev–Trinajstić information content (AvgIpc) is 3.49. The number of hydroxylamine groups is 2. The highest BCUT2D eigenvalue weighted by molar-refractivity contribution is 6.31. The normalized spacial score (nSPS) is 25.5. The fourth-order valence-corrected chi connectivity index (χ4v) is 6.04. The molecule has 4 heterocycles. The first-order chi connectivity index (χ1) is 16.8. The number of carbonyl (C=O) groups is 4. The van der Waals surface area contributed by atoms with Crippen molar-refractivity contribution in [1.29, 1.82) is 0 Å². The van der Waals surface area contributed by atoms with Gasteiger partial charge in [-0.05, 0) is 49.3 Å². The van der Waals surface area contributed by atoms with Crippen LogP contribution in [-0.4, -0.2) is 77.8 Å². The first-order valence-electron chi connectivity index (χ1n) is 12.4. The van der Waals surface area contributed by atoms with Crippen LogP contribution in [0.25, 0.3) is 0 Å². The number of ketones is 1. The number of carbonyl (C=O) groups excluding carboxylic acids is 4. The topological polar surface area (TPSA) is 90.5 Å². The molecule has 188 valence electrons. The number of imide groups is 1. The van der Waals surface area contributed by atoms with Gasteiger partial charge in [0.1, 0.15) is 5.78 Å². The van der Waals surface area contributed by atoms with Crippen LogP contribution in [0.4, 0.5) is 10.5 Å². The Morgan fingerprint density at radius 2 is 1.63 bits per heavy atom. The lowest BCUT2D eigenvalue weighted by Crippen LogP contribution is -2.40. The largest absolute Gasteiger partial charge is 0.434 e. The number of hydrogen-bond donors (Lipinski definition) is 0. The Morgan fingerprint density at radius 1 is 1.00 bits per heavy atom.